The topological polar surface area (TPSA) is 34.9 Å². The Morgan fingerprint density at radius 2 is 1.76 bits per heavy atom. The lowest BCUT2D eigenvalue weighted by Crippen LogP contribution is -2.24. The lowest BCUT2D eigenvalue weighted by Gasteiger charge is -2.17. The molecule has 0 fully saturated rings. The van der Waals surface area contributed by atoms with Gasteiger partial charge in [-0.3, -0.25) is 9.36 Å². The Morgan fingerprint density at radius 3 is 2.48 bits per heavy atom. The van der Waals surface area contributed by atoms with E-state index >= 15 is 0 Å². The Hall–Kier alpha value is -1.98. The predicted molar refractivity (Wildman–Crippen MR) is 105 cm³/mol. The lowest BCUT2D eigenvalue weighted by atomic mass is 10.2. The molecule has 126 valence electrons. The summed E-state index contributed by atoms with van der Waals surface area (Å²) in [6.45, 7) is 2.16. The van der Waals surface area contributed by atoms with Crippen LogP contribution < -0.4 is 5.56 Å². The molecule has 0 saturated carbocycles. The molecule has 4 rings (SSSR count). The van der Waals surface area contributed by atoms with E-state index in [1.54, 1.807) is 28.1 Å². The van der Waals surface area contributed by atoms with Crippen molar-refractivity contribution in [3.8, 4) is 5.69 Å². The number of aryl methyl sites for hydroxylation is 1. The first kappa shape index (κ1) is 16.5. The van der Waals surface area contributed by atoms with Crippen LogP contribution in [0.25, 0.3) is 5.69 Å². The van der Waals surface area contributed by atoms with Crippen LogP contribution in [0.1, 0.15) is 23.4 Å². The van der Waals surface area contributed by atoms with Crippen LogP contribution in [-0.4, -0.2) is 15.3 Å². The van der Waals surface area contributed by atoms with Crippen molar-refractivity contribution in [1.29, 1.82) is 0 Å². The number of para-hydroxylation sites is 1. The van der Waals surface area contributed by atoms with E-state index in [0.717, 1.165) is 33.6 Å². The summed E-state index contributed by atoms with van der Waals surface area (Å²) in [6.07, 6.45) is 0.873. The molecule has 1 aliphatic rings. The summed E-state index contributed by atoms with van der Waals surface area (Å²) in [4.78, 5) is 18.8. The molecule has 0 saturated heterocycles. The molecular weight excluding hydrogens is 348 g/mol. The zero-order valence-corrected chi connectivity index (χ0v) is 15.5. The molecule has 0 spiro atoms. The summed E-state index contributed by atoms with van der Waals surface area (Å²) >= 11 is 3.26. The number of nitrogens with zero attached hydrogens (tertiary/aromatic N) is 2. The SMILES string of the molecule is C[C@H](Sc1nc2c(c(=O)n1-c1ccccc1)SCC2)c1ccccc1. The Morgan fingerprint density at radius 1 is 1.08 bits per heavy atom. The Kier molecular flexibility index (Phi) is 4.68. The van der Waals surface area contributed by atoms with E-state index in [4.69, 9.17) is 4.98 Å². The van der Waals surface area contributed by atoms with Gasteiger partial charge in [0.15, 0.2) is 5.16 Å². The summed E-state index contributed by atoms with van der Waals surface area (Å²) in [5.41, 5.74) is 3.11. The number of thioether (sulfide) groups is 2. The third-order valence-electron chi connectivity index (χ3n) is 4.23. The smallest absolute Gasteiger partial charge is 0.268 e. The number of hydrogen-bond donors (Lipinski definition) is 0. The normalized spacial score (nSPS) is 14.3. The fourth-order valence-electron chi connectivity index (χ4n) is 2.93. The second kappa shape index (κ2) is 7.10. The molecule has 0 bridgehead atoms. The van der Waals surface area contributed by atoms with Crippen molar-refractivity contribution in [3.05, 3.63) is 82.3 Å². The largest absolute Gasteiger partial charge is 0.272 e. The van der Waals surface area contributed by atoms with Gasteiger partial charge in [-0.25, -0.2) is 4.98 Å². The van der Waals surface area contributed by atoms with Crippen LogP contribution in [0.5, 0.6) is 0 Å². The summed E-state index contributed by atoms with van der Waals surface area (Å²) in [5, 5.41) is 0.990. The molecule has 1 atom stereocenters. The van der Waals surface area contributed by atoms with E-state index in [-0.39, 0.29) is 10.8 Å². The van der Waals surface area contributed by atoms with Crippen molar-refractivity contribution in [3.63, 3.8) is 0 Å². The van der Waals surface area contributed by atoms with E-state index in [1.807, 2.05) is 48.5 Å². The van der Waals surface area contributed by atoms with Crippen LogP contribution >= 0.6 is 23.5 Å². The Bertz CT molecular complexity index is 939. The summed E-state index contributed by atoms with van der Waals surface area (Å²) in [5.74, 6) is 0.939. The van der Waals surface area contributed by atoms with Gasteiger partial charge in [0, 0.05) is 17.4 Å². The third-order valence-corrected chi connectivity index (χ3v) is 6.45. The monoisotopic (exact) mass is 366 g/mol. The van der Waals surface area contributed by atoms with Crippen molar-refractivity contribution in [1.82, 2.24) is 9.55 Å². The number of fused-ring (bicyclic) bond motifs is 1. The van der Waals surface area contributed by atoms with Gasteiger partial charge in [0.25, 0.3) is 5.56 Å². The molecular formula is C20H18N2OS2. The molecule has 2 aromatic carbocycles. The van der Waals surface area contributed by atoms with Gasteiger partial charge in [0.1, 0.15) is 0 Å². The molecule has 0 radical (unpaired) electrons. The van der Waals surface area contributed by atoms with Crippen LogP contribution in [0.15, 0.2) is 75.5 Å². The van der Waals surface area contributed by atoms with Gasteiger partial charge in [0.05, 0.1) is 16.3 Å². The van der Waals surface area contributed by atoms with Crippen LogP contribution in [0.2, 0.25) is 0 Å². The predicted octanol–water partition coefficient (Wildman–Crippen LogP) is 4.73. The first-order chi connectivity index (χ1) is 12.2. The highest BCUT2D eigenvalue weighted by molar-refractivity contribution is 7.99. The zero-order valence-electron chi connectivity index (χ0n) is 13.9. The van der Waals surface area contributed by atoms with Crippen LogP contribution in [-0.2, 0) is 6.42 Å². The number of aromatic nitrogens is 2. The number of benzene rings is 2. The number of rotatable bonds is 4. The number of hydrogen-bond acceptors (Lipinski definition) is 4. The third kappa shape index (κ3) is 3.26. The molecule has 25 heavy (non-hydrogen) atoms. The summed E-state index contributed by atoms with van der Waals surface area (Å²) in [6, 6.07) is 20.1. The molecule has 5 heteroatoms. The van der Waals surface area contributed by atoms with Crippen LogP contribution in [0.4, 0.5) is 0 Å². The Balaban J connectivity index is 1.81. The molecule has 0 aliphatic carbocycles. The van der Waals surface area contributed by atoms with Gasteiger partial charge >= 0.3 is 0 Å². The molecule has 2 heterocycles. The van der Waals surface area contributed by atoms with Gasteiger partial charge in [-0.1, -0.05) is 60.3 Å². The summed E-state index contributed by atoms with van der Waals surface area (Å²) in [7, 11) is 0. The second-order valence-electron chi connectivity index (χ2n) is 5.92. The minimum Gasteiger partial charge on any atom is -0.268 e. The highest BCUT2D eigenvalue weighted by atomic mass is 32.2. The van der Waals surface area contributed by atoms with Gasteiger partial charge in [0.2, 0.25) is 0 Å². The van der Waals surface area contributed by atoms with Gasteiger partial charge in [-0.2, -0.15) is 0 Å². The average Bonchev–Trinajstić information content (AvgIpc) is 3.12. The van der Waals surface area contributed by atoms with E-state index in [9.17, 15) is 4.79 Å². The average molecular weight is 367 g/mol. The van der Waals surface area contributed by atoms with Gasteiger partial charge in [-0.15, -0.1) is 11.8 Å². The van der Waals surface area contributed by atoms with E-state index in [2.05, 4.69) is 19.1 Å². The lowest BCUT2D eigenvalue weighted by molar-refractivity contribution is 0.737. The highest BCUT2D eigenvalue weighted by Crippen LogP contribution is 2.36. The maximum atomic E-state index is 13.1. The minimum absolute atomic E-state index is 0.0569. The molecule has 1 aromatic heterocycles. The van der Waals surface area contributed by atoms with Crippen molar-refractivity contribution in [2.24, 2.45) is 0 Å². The van der Waals surface area contributed by atoms with Gasteiger partial charge in [-0.05, 0) is 24.6 Å². The zero-order chi connectivity index (χ0) is 17.2. The van der Waals surface area contributed by atoms with Crippen LogP contribution in [0, 0.1) is 0 Å². The molecule has 3 nitrogen and oxygen atoms in total. The fraction of sp³-hybridized carbons (Fsp3) is 0.200. The Labute approximate surface area is 155 Å². The molecule has 0 N–H and O–H groups in total. The molecule has 3 aromatic rings. The molecule has 1 aliphatic heterocycles. The van der Waals surface area contributed by atoms with Crippen molar-refractivity contribution in [2.75, 3.05) is 5.75 Å². The van der Waals surface area contributed by atoms with E-state index in [0.29, 0.717) is 0 Å². The quantitative estimate of drug-likeness (QED) is 0.494. The molecule has 0 unspecified atom stereocenters. The van der Waals surface area contributed by atoms with Gasteiger partial charge < -0.3 is 0 Å². The maximum absolute atomic E-state index is 13.1. The van der Waals surface area contributed by atoms with Crippen molar-refractivity contribution < 1.29 is 0 Å². The summed E-state index contributed by atoms with van der Waals surface area (Å²) < 4.78 is 1.77. The van der Waals surface area contributed by atoms with Crippen LogP contribution in [0.3, 0.4) is 0 Å². The maximum Gasteiger partial charge on any atom is 0.272 e. The van der Waals surface area contributed by atoms with Crippen molar-refractivity contribution >= 4 is 23.5 Å². The fourth-order valence-corrected chi connectivity index (χ4v) is 5.02. The minimum atomic E-state index is 0.0569. The first-order valence-corrected chi connectivity index (χ1v) is 10.2. The molecule has 0 amide bonds. The standard InChI is InChI=1S/C20H18N2OS2/c1-14(15-8-4-2-5-9-15)25-20-21-17-12-13-24-18(17)19(23)22(20)16-10-6-3-7-11-16/h2-11,14H,12-13H2,1H3/t14-/m0/s1. The second-order valence-corrected chi connectivity index (χ2v) is 8.33. The highest BCUT2D eigenvalue weighted by Gasteiger charge is 2.23. The van der Waals surface area contributed by atoms with E-state index in [1.165, 1.54) is 5.56 Å². The van der Waals surface area contributed by atoms with E-state index < -0.39 is 0 Å². The van der Waals surface area contributed by atoms with Crippen molar-refractivity contribution in [2.45, 2.75) is 28.6 Å². The first-order valence-electron chi connectivity index (χ1n) is 8.30.